The molecule has 2 aliphatic carbocycles. The standard InChI is InChI=1S/C21H20O2P.C17H14P.Ru/c1-16(23-17(2)22)20-14-9-15-21(20)24(18-10-5-3-6-11-18)19-12-7-4-8-13-19;1-3-9-15(10-4-1)18(17-13-7-8-14-17)16-11-5-2-6-12-16;/h3-16H,1-2H3;1-14H;/q;;+2. The second-order valence-corrected chi connectivity index (χ2v) is 14.2. The Morgan fingerprint density at radius 3 is 1.35 bits per heavy atom. The van der Waals surface area contributed by atoms with Crippen molar-refractivity contribution in [3.05, 3.63) is 184 Å². The SMILES string of the molecule is CC(=O)OC(C)[C]1[CH][CH][CH][C]1P(c1ccccc1)c1ccccc1.[CH]1[CH][CH][C](P(c2ccccc2)c2ccccc2)[CH]1.[Ru+2]. The van der Waals surface area contributed by atoms with E-state index in [1.807, 2.05) is 25.5 Å². The fourth-order valence-electron chi connectivity index (χ4n) is 4.98. The molecule has 2 aliphatic rings. The second-order valence-electron chi connectivity index (χ2n) is 9.77. The molecule has 6 rings (SSSR count). The maximum absolute atomic E-state index is 11.4. The van der Waals surface area contributed by atoms with Crippen LogP contribution in [0.15, 0.2) is 121 Å². The molecule has 43 heavy (non-hydrogen) atoms. The van der Waals surface area contributed by atoms with Gasteiger partial charge in [0.1, 0.15) is 6.10 Å². The molecule has 4 aromatic carbocycles. The summed E-state index contributed by atoms with van der Waals surface area (Å²) in [6.07, 6.45) is 14.7. The number of carbonyl (C=O) groups excluding carboxylic acids is 1. The molecule has 0 aromatic heterocycles. The number of hydrogen-bond acceptors (Lipinski definition) is 2. The Labute approximate surface area is 274 Å². The van der Waals surface area contributed by atoms with E-state index in [0.29, 0.717) is 0 Å². The molecule has 5 heteroatoms. The van der Waals surface area contributed by atoms with Crippen LogP contribution in [0.2, 0.25) is 0 Å². The number of carbonyl (C=O) groups is 1. The second kappa shape index (κ2) is 17.4. The van der Waals surface area contributed by atoms with Gasteiger partial charge in [-0.05, 0) is 88.9 Å². The summed E-state index contributed by atoms with van der Waals surface area (Å²) in [6, 6.07) is 42.6. The van der Waals surface area contributed by atoms with Gasteiger partial charge in [0.2, 0.25) is 0 Å². The molecule has 0 bridgehead atoms. The Morgan fingerprint density at radius 2 is 0.953 bits per heavy atom. The Balaban J connectivity index is 0.000000199. The first-order valence-electron chi connectivity index (χ1n) is 14.1. The fourth-order valence-corrected chi connectivity index (χ4v) is 9.83. The van der Waals surface area contributed by atoms with Crippen LogP contribution in [-0.2, 0) is 29.0 Å². The molecular formula is C38H34O2P2Ru+2. The monoisotopic (exact) mass is 686 g/mol. The Morgan fingerprint density at radius 1 is 0.558 bits per heavy atom. The number of benzene rings is 4. The number of ether oxygens (including phenoxy) is 1. The van der Waals surface area contributed by atoms with Crippen molar-refractivity contribution in [1.29, 1.82) is 0 Å². The predicted octanol–water partition coefficient (Wildman–Crippen LogP) is 7.28. The summed E-state index contributed by atoms with van der Waals surface area (Å²) < 4.78 is 5.43. The first-order valence-corrected chi connectivity index (χ1v) is 16.7. The molecule has 2 fully saturated rings. The van der Waals surface area contributed by atoms with Crippen LogP contribution in [0, 0.1) is 62.2 Å². The van der Waals surface area contributed by atoms with Crippen molar-refractivity contribution in [1.82, 2.24) is 0 Å². The zero-order valence-electron chi connectivity index (χ0n) is 24.2. The predicted molar refractivity (Wildman–Crippen MR) is 179 cm³/mol. The van der Waals surface area contributed by atoms with Crippen molar-refractivity contribution in [2.75, 3.05) is 0 Å². The Hall–Kier alpha value is -2.17. The van der Waals surface area contributed by atoms with Crippen molar-refractivity contribution >= 4 is 43.0 Å². The van der Waals surface area contributed by atoms with Gasteiger partial charge < -0.3 is 4.74 Å². The van der Waals surface area contributed by atoms with Crippen molar-refractivity contribution in [3.63, 3.8) is 0 Å². The molecular weight excluding hydrogens is 651 g/mol. The minimum Gasteiger partial charge on any atom is -0.462 e. The van der Waals surface area contributed by atoms with E-state index in [4.69, 9.17) is 4.74 Å². The summed E-state index contributed by atoms with van der Waals surface area (Å²) in [4.78, 5) is 11.4. The van der Waals surface area contributed by atoms with Gasteiger partial charge in [-0.25, -0.2) is 0 Å². The van der Waals surface area contributed by atoms with E-state index in [0.717, 1.165) is 5.92 Å². The summed E-state index contributed by atoms with van der Waals surface area (Å²) in [5, 5.41) is 5.40. The quantitative estimate of drug-likeness (QED) is 0.111. The van der Waals surface area contributed by atoms with Gasteiger partial charge in [-0.15, -0.1) is 0 Å². The maximum Gasteiger partial charge on any atom is 2.00 e. The summed E-state index contributed by atoms with van der Waals surface area (Å²) in [5.74, 6) is 0.836. The van der Waals surface area contributed by atoms with E-state index >= 15 is 0 Å². The first-order chi connectivity index (χ1) is 20.6. The van der Waals surface area contributed by atoms with Crippen LogP contribution in [0.25, 0.3) is 0 Å². The number of hydrogen-bond donors (Lipinski definition) is 0. The summed E-state index contributed by atoms with van der Waals surface area (Å²) in [5.41, 5.74) is 2.67. The minimum absolute atomic E-state index is 0. The van der Waals surface area contributed by atoms with Crippen molar-refractivity contribution in [2.24, 2.45) is 0 Å². The normalized spacial score (nSPS) is 16.4. The van der Waals surface area contributed by atoms with Crippen LogP contribution in [0.3, 0.4) is 0 Å². The third kappa shape index (κ3) is 9.17. The zero-order valence-corrected chi connectivity index (χ0v) is 27.8. The molecule has 2 saturated carbocycles. The molecule has 0 saturated heterocycles. The zero-order chi connectivity index (χ0) is 29.1. The third-order valence-corrected chi connectivity index (χ3v) is 11.8. The molecule has 0 N–H and O–H groups in total. The molecule has 4 aromatic rings. The molecule has 2 nitrogen and oxygen atoms in total. The van der Waals surface area contributed by atoms with Gasteiger partial charge in [0.15, 0.2) is 0 Å². The van der Waals surface area contributed by atoms with Crippen LogP contribution in [0.1, 0.15) is 13.8 Å². The summed E-state index contributed by atoms with van der Waals surface area (Å²) in [6.45, 7) is 3.39. The molecule has 0 aliphatic heterocycles. The minimum atomic E-state index is -0.678. The summed E-state index contributed by atoms with van der Waals surface area (Å²) in [7, 11) is -1.09. The topological polar surface area (TPSA) is 26.3 Å². The summed E-state index contributed by atoms with van der Waals surface area (Å²) >= 11 is 0. The van der Waals surface area contributed by atoms with Crippen LogP contribution in [0.5, 0.6) is 0 Å². The van der Waals surface area contributed by atoms with E-state index in [1.54, 1.807) is 0 Å². The van der Waals surface area contributed by atoms with Crippen molar-refractivity contribution in [2.45, 2.75) is 20.0 Å². The molecule has 1 unspecified atom stereocenters. The third-order valence-electron chi connectivity index (χ3n) is 6.81. The van der Waals surface area contributed by atoms with E-state index in [1.165, 1.54) is 39.5 Å². The van der Waals surface area contributed by atoms with E-state index < -0.39 is 15.8 Å². The van der Waals surface area contributed by atoms with Crippen LogP contribution < -0.4 is 21.2 Å². The van der Waals surface area contributed by atoms with Gasteiger partial charge in [-0.2, -0.15) is 0 Å². The van der Waals surface area contributed by atoms with Gasteiger partial charge in [0, 0.05) is 24.2 Å². The fraction of sp³-hybridized carbons (Fsp3) is 0.0789. The van der Waals surface area contributed by atoms with E-state index in [9.17, 15) is 4.79 Å². The van der Waals surface area contributed by atoms with Crippen molar-refractivity contribution < 1.29 is 29.0 Å². The molecule has 214 valence electrons. The Bertz CT molecular complexity index is 1270. The first kappa shape index (κ1) is 33.7. The number of esters is 1. The average Bonchev–Trinajstić information content (AvgIpc) is 3.73. The average molecular weight is 686 g/mol. The van der Waals surface area contributed by atoms with Crippen molar-refractivity contribution in [3.8, 4) is 0 Å². The molecule has 0 heterocycles. The van der Waals surface area contributed by atoms with Crippen LogP contribution in [-0.4, -0.2) is 12.1 Å². The maximum atomic E-state index is 11.4. The van der Waals surface area contributed by atoms with Gasteiger partial charge in [-0.1, -0.05) is 121 Å². The van der Waals surface area contributed by atoms with Gasteiger partial charge in [0.25, 0.3) is 0 Å². The molecule has 1 atom stereocenters. The Kier molecular flexibility index (Phi) is 13.6. The van der Waals surface area contributed by atoms with E-state index in [-0.39, 0.29) is 31.6 Å². The van der Waals surface area contributed by atoms with Gasteiger partial charge >= 0.3 is 25.4 Å². The molecule has 0 amide bonds. The number of rotatable bonds is 8. The van der Waals surface area contributed by atoms with Gasteiger partial charge in [0.05, 0.1) is 0 Å². The van der Waals surface area contributed by atoms with Crippen LogP contribution >= 0.6 is 15.8 Å². The molecule has 0 spiro atoms. The molecule has 10 radical (unpaired) electrons. The van der Waals surface area contributed by atoms with Crippen LogP contribution in [0.4, 0.5) is 0 Å². The van der Waals surface area contributed by atoms with Gasteiger partial charge in [-0.3, -0.25) is 4.79 Å². The smallest absolute Gasteiger partial charge is 0.462 e. The largest absolute Gasteiger partial charge is 2.00 e. The van der Waals surface area contributed by atoms with E-state index in [2.05, 4.69) is 148 Å².